The number of nitrogens with one attached hydrogen (secondary N) is 1. The molecule has 6 heteroatoms. The molecule has 0 saturated carbocycles. The first-order valence-corrected chi connectivity index (χ1v) is 10.1. The summed E-state index contributed by atoms with van der Waals surface area (Å²) in [6, 6.07) is 12.0. The van der Waals surface area contributed by atoms with E-state index < -0.39 is 0 Å². The first-order valence-electron chi connectivity index (χ1n) is 10.1. The summed E-state index contributed by atoms with van der Waals surface area (Å²) in [5.41, 5.74) is 1.94. The van der Waals surface area contributed by atoms with Gasteiger partial charge < -0.3 is 10.1 Å². The molecule has 2 aromatic rings. The Kier molecular flexibility index (Phi) is 6.65. The smallest absolute Gasteiger partial charge is 0.261 e. The maximum Gasteiger partial charge on any atom is 0.261 e. The predicted molar refractivity (Wildman–Crippen MR) is 110 cm³/mol. The maximum atomic E-state index is 12.7. The molecular weight excluding hydrogens is 368 g/mol. The van der Waals surface area contributed by atoms with E-state index in [9.17, 15) is 14.4 Å². The Balaban J connectivity index is 1.79. The summed E-state index contributed by atoms with van der Waals surface area (Å²) < 4.78 is 5.60. The summed E-state index contributed by atoms with van der Waals surface area (Å²) in [6.45, 7) is 5.11. The van der Waals surface area contributed by atoms with Crippen molar-refractivity contribution in [2.45, 2.75) is 39.7 Å². The fourth-order valence-corrected chi connectivity index (χ4v) is 3.37. The predicted octanol–water partition coefficient (Wildman–Crippen LogP) is 3.80. The minimum absolute atomic E-state index is 0.106. The molecule has 3 rings (SSSR count). The van der Waals surface area contributed by atoms with Gasteiger partial charge in [0.2, 0.25) is 0 Å². The molecule has 0 bridgehead atoms. The van der Waals surface area contributed by atoms with Gasteiger partial charge in [0, 0.05) is 6.54 Å². The molecule has 0 unspecified atom stereocenters. The molecule has 2 aromatic carbocycles. The minimum atomic E-state index is -0.315. The molecule has 0 spiro atoms. The molecule has 29 heavy (non-hydrogen) atoms. The average molecular weight is 394 g/mol. The summed E-state index contributed by atoms with van der Waals surface area (Å²) in [4.78, 5) is 39.1. The van der Waals surface area contributed by atoms with Gasteiger partial charge in [-0.15, -0.1) is 0 Å². The van der Waals surface area contributed by atoms with Gasteiger partial charge in [-0.2, -0.15) is 0 Å². The second kappa shape index (κ2) is 9.37. The molecule has 1 aliphatic rings. The first-order chi connectivity index (χ1) is 14.1. The van der Waals surface area contributed by atoms with Crippen LogP contribution in [0.25, 0.3) is 0 Å². The highest BCUT2D eigenvalue weighted by molar-refractivity contribution is 6.21. The highest BCUT2D eigenvalue weighted by Gasteiger charge is 2.35. The highest BCUT2D eigenvalue weighted by atomic mass is 16.5. The van der Waals surface area contributed by atoms with Gasteiger partial charge in [0.05, 0.1) is 29.8 Å². The number of nitrogens with zero attached hydrogens (tertiary/aromatic N) is 1. The number of benzene rings is 2. The lowest BCUT2D eigenvalue weighted by Crippen LogP contribution is -2.29. The monoisotopic (exact) mass is 394 g/mol. The molecule has 0 radical (unpaired) electrons. The third kappa shape index (κ3) is 4.47. The van der Waals surface area contributed by atoms with Gasteiger partial charge in [0.1, 0.15) is 5.75 Å². The third-order valence-corrected chi connectivity index (χ3v) is 4.87. The number of unbranched alkanes of at least 4 members (excludes halogenated alkanes) is 2. The number of carbonyl (C=O) groups is 3. The van der Waals surface area contributed by atoms with Gasteiger partial charge in [-0.05, 0) is 43.2 Å². The second-order valence-corrected chi connectivity index (χ2v) is 6.97. The van der Waals surface area contributed by atoms with Crippen molar-refractivity contribution >= 4 is 17.7 Å². The lowest BCUT2D eigenvalue weighted by atomic mass is 10.1. The maximum absolute atomic E-state index is 12.7. The van der Waals surface area contributed by atoms with Gasteiger partial charge in [-0.1, -0.05) is 38.0 Å². The Morgan fingerprint density at radius 3 is 2.31 bits per heavy atom. The molecule has 6 nitrogen and oxygen atoms in total. The molecule has 152 valence electrons. The number of ether oxygens (including phenoxy) is 1. The van der Waals surface area contributed by atoms with Gasteiger partial charge in [0.25, 0.3) is 17.7 Å². The standard InChI is InChI=1S/C23H26N2O4/c1-3-5-8-13-24-21(26)19-14-16(11-12-20(19)29-4-2)15-25-22(27)17-9-6-7-10-18(17)23(25)28/h6-7,9-12,14H,3-5,8,13,15H2,1-2H3,(H,24,26). The Bertz CT molecular complexity index is 888. The molecule has 0 fully saturated rings. The first kappa shape index (κ1) is 20.6. The van der Waals surface area contributed by atoms with E-state index in [2.05, 4.69) is 12.2 Å². The SMILES string of the molecule is CCCCCNC(=O)c1cc(CN2C(=O)c3ccccc3C2=O)ccc1OCC. The van der Waals surface area contributed by atoms with E-state index in [0.717, 1.165) is 19.3 Å². The van der Waals surface area contributed by atoms with Crippen molar-refractivity contribution in [2.75, 3.05) is 13.2 Å². The van der Waals surface area contributed by atoms with Crippen LogP contribution < -0.4 is 10.1 Å². The molecule has 0 saturated heterocycles. The van der Waals surface area contributed by atoms with Crippen molar-refractivity contribution < 1.29 is 19.1 Å². The summed E-state index contributed by atoms with van der Waals surface area (Å²) in [5.74, 6) is -0.351. The Labute approximate surface area is 170 Å². The van der Waals surface area contributed by atoms with Crippen LogP contribution >= 0.6 is 0 Å². The van der Waals surface area contributed by atoms with E-state index in [1.807, 2.05) is 6.92 Å². The zero-order chi connectivity index (χ0) is 20.8. The van der Waals surface area contributed by atoms with Crippen molar-refractivity contribution in [2.24, 2.45) is 0 Å². The van der Waals surface area contributed by atoms with Crippen molar-refractivity contribution in [3.05, 3.63) is 64.7 Å². The van der Waals surface area contributed by atoms with Crippen molar-refractivity contribution in [3.8, 4) is 5.75 Å². The average Bonchev–Trinajstić information content (AvgIpc) is 2.97. The highest BCUT2D eigenvalue weighted by Crippen LogP contribution is 2.26. The number of carbonyl (C=O) groups excluding carboxylic acids is 3. The number of rotatable bonds is 9. The van der Waals surface area contributed by atoms with E-state index in [-0.39, 0.29) is 24.3 Å². The summed E-state index contributed by atoms with van der Waals surface area (Å²) >= 11 is 0. The summed E-state index contributed by atoms with van der Waals surface area (Å²) in [6.07, 6.45) is 3.05. The molecule has 0 atom stereocenters. The van der Waals surface area contributed by atoms with Crippen molar-refractivity contribution in [1.29, 1.82) is 0 Å². The van der Waals surface area contributed by atoms with E-state index in [4.69, 9.17) is 4.74 Å². The molecule has 0 aliphatic carbocycles. The fraction of sp³-hybridized carbons (Fsp3) is 0.348. The Hall–Kier alpha value is -3.15. The number of hydrogen-bond acceptors (Lipinski definition) is 4. The van der Waals surface area contributed by atoms with Crippen LogP contribution in [0, 0.1) is 0 Å². The Morgan fingerprint density at radius 1 is 1.00 bits per heavy atom. The second-order valence-electron chi connectivity index (χ2n) is 6.97. The largest absolute Gasteiger partial charge is 0.493 e. The molecule has 1 heterocycles. The quantitative estimate of drug-likeness (QED) is 0.518. The van der Waals surface area contributed by atoms with Gasteiger partial charge in [-0.25, -0.2) is 0 Å². The van der Waals surface area contributed by atoms with Crippen LogP contribution in [0.2, 0.25) is 0 Å². The van der Waals surface area contributed by atoms with E-state index in [0.29, 0.717) is 41.2 Å². The van der Waals surface area contributed by atoms with Gasteiger partial charge >= 0.3 is 0 Å². The van der Waals surface area contributed by atoms with Crippen molar-refractivity contribution in [1.82, 2.24) is 10.2 Å². The van der Waals surface area contributed by atoms with E-state index in [1.165, 1.54) is 4.90 Å². The van der Waals surface area contributed by atoms with Crippen molar-refractivity contribution in [3.63, 3.8) is 0 Å². The zero-order valence-electron chi connectivity index (χ0n) is 16.9. The number of amides is 3. The molecule has 3 amide bonds. The van der Waals surface area contributed by atoms with Crippen LogP contribution in [-0.4, -0.2) is 35.8 Å². The summed E-state index contributed by atoms with van der Waals surface area (Å²) in [5, 5.41) is 2.92. The van der Waals surface area contributed by atoms with Crippen LogP contribution in [0.4, 0.5) is 0 Å². The van der Waals surface area contributed by atoms with Crippen LogP contribution in [0.1, 0.15) is 69.7 Å². The lowest BCUT2D eigenvalue weighted by Gasteiger charge is -2.16. The fourth-order valence-electron chi connectivity index (χ4n) is 3.37. The van der Waals surface area contributed by atoms with Gasteiger partial charge in [-0.3, -0.25) is 19.3 Å². The lowest BCUT2D eigenvalue weighted by molar-refractivity contribution is 0.0642. The number of imide groups is 1. The van der Waals surface area contributed by atoms with Crippen LogP contribution in [0.3, 0.4) is 0 Å². The Morgan fingerprint density at radius 2 is 1.69 bits per heavy atom. The van der Waals surface area contributed by atoms with Crippen LogP contribution in [0.5, 0.6) is 5.75 Å². The normalized spacial score (nSPS) is 12.8. The minimum Gasteiger partial charge on any atom is -0.493 e. The molecular formula is C23H26N2O4. The zero-order valence-corrected chi connectivity index (χ0v) is 16.9. The number of fused-ring (bicyclic) bond motifs is 1. The molecule has 1 N–H and O–H groups in total. The van der Waals surface area contributed by atoms with Gasteiger partial charge in [0.15, 0.2) is 0 Å². The molecule has 1 aliphatic heterocycles. The van der Waals surface area contributed by atoms with E-state index in [1.54, 1.807) is 42.5 Å². The number of hydrogen-bond donors (Lipinski definition) is 1. The topological polar surface area (TPSA) is 75.7 Å². The van der Waals surface area contributed by atoms with Crippen LogP contribution in [-0.2, 0) is 6.54 Å². The summed E-state index contributed by atoms with van der Waals surface area (Å²) in [7, 11) is 0. The third-order valence-electron chi connectivity index (χ3n) is 4.87. The van der Waals surface area contributed by atoms with Crippen LogP contribution in [0.15, 0.2) is 42.5 Å². The van der Waals surface area contributed by atoms with E-state index >= 15 is 0 Å². The molecule has 0 aromatic heterocycles.